The molecule has 0 aromatic heterocycles. The van der Waals surface area contributed by atoms with Gasteiger partial charge in [0.25, 0.3) is 11.7 Å². The number of phenolic OH excluding ortho intramolecular Hbond substituents is 1. The fraction of sp³-hybridized carbons (Fsp3) is 0.0833. The minimum Gasteiger partial charge on any atom is -0.508 e. The molecule has 1 aliphatic heterocycles. The van der Waals surface area contributed by atoms with Crippen LogP contribution in [0, 0.1) is 0 Å². The highest BCUT2D eigenvalue weighted by Gasteiger charge is 2.47. The average molecular weight is 470 g/mol. The Kier molecular flexibility index (Phi) is 5.82. The first-order valence-corrected chi connectivity index (χ1v) is 10.3. The molecule has 8 heteroatoms. The molecule has 3 aromatic carbocycles. The molecule has 1 aliphatic rings. The Bertz CT molecular complexity index is 1240. The maximum atomic E-state index is 13.2. The number of anilines is 1. The van der Waals surface area contributed by atoms with Gasteiger partial charge in [0.2, 0.25) is 0 Å². The largest absolute Gasteiger partial charge is 0.508 e. The second-order valence-corrected chi connectivity index (χ2v) is 7.91. The molecule has 2 N–H and O–H groups in total. The molecule has 162 valence electrons. The molecule has 1 heterocycles. The molecule has 0 saturated carbocycles. The fourth-order valence-electron chi connectivity index (χ4n) is 3.75. The quantitative estimate of drug-likeness (QED) is 0.306. The Balaban J connectivity index is 2.00. The number of halogens is 2. The van der Waals surface area contributed by atoms with Gasteiger partial charge in [-0.2, -0.15) is 0 Å². The van der Waals surface area contributed by atoms with E-state index < -0.39 is 23.5 Å². The summed E-state index contributed by atoms with van der Waals surface area (Å²) in [7, 11) is 1.37. The van der Waals surface area contributed by atoms with Crippen molar-refractivity contribution in [2.75, 3.05) is 12.0 Å². The Hall–Kier alpha value is -3.48. The normalized spacial score (nSPS) is 17.6. The van der Waals surface area contributed by atoms with Crippen LogP contribution in [0.25, 0.3) is 5.76 Å². The summed E-state index contributed by atoms with van der Waals surface area (Å²) < 4.78 is 5.31. The Morgan fingerprint density at radius 2 is 1.66 bits per heavy atom. The van der Waals surface area contributed by atoms with E-state index in [-0.39, 0.29) is 32.7 Å². The summed E-state index contributed by atoms with van der Waals surface area (Å²) in [6.45, 7) is 0. The van der Waals surface area contributed by atoms with Crippen LogP contribution >= 0.6 is 23.2 Å². The smallest absolute Gasteiger partial charge is 0.300 e. The number of amides is 1. The first kappa shape index (κ1) is 21.7. The lowest BCUT2D eigenvalue weighted by molar-refractivity contribution is -0.132. The average Bonchev–Trinajstić information content (AvgIpc) is 3.04. The van der Waals surface area contributed by atoms with E-state index in [1.165, 1.54) is 36.3 Å². The molecular weight excluding hydrogens is 453 g/mol. The molecule has 6 nitrogen and oxygen atoms in total. The number of carbonyl (C=O) groups is 2. The lowest BCUT2D eigenvalue weighted by atomic mass is 9.94. The van der Waals surface area contributed by atoms with Gasteiger partial charge in [0.05, 0.1) is 29.3 Å². The van der Waals surface area contributed by atoms with Gasteiger partial charge in [-0.1, -0.05) is 53.5 Å². The van der Waals surface area contributed by atoms with Crippen LogP contribution in [0.1, 0.15) is 17.2 Å². The van der Waals surface area contributed by atoms with Crippen molar-refractivity contribution in [3.8, 4) is 11.5 Å². The number of nitrogens with zero attached hydrogens (tertiary/aromatic N) is 1. The summed E-state index contributed by atoms with van der Waals surface area (Å²) in [5.41, 5.74) is 0.920. The van der Waals surface area contributed by atoms with E-state index in [9.17, 15) is 19.8 Å². The summed E-state index contributed by atoms with van der Waals surface area (Å²) in [6, 6.07) is 16.6. The van der Waals surface area contributed by atoms with Crippen LogP contribution in [-0.4, -0.2) is 29.0 Å². The summed E-state index contributed by atoms with van der Waals surface area (Å²) in [5.74, 6) is -2.01. The van der Waals surface area contributed by atoms with E-state index in [2.05, 4.69) is 0 Å². The highest BCUT2D eigenvalue weighted by atomic mass is 35.5. The van der Waals surface area contributed by atoms with Gasteiger partial charge >= 0.3 is 0 Å². The van der Waals surface area contributed by atoms with E-state index in [0.29, 0.717) is 11.3 Å². The maximum Gasteiger partial charge on any atom is 0.300 e. The maximum absolute atomic E-state index is 13.2. The molecular formula is C24H17Cl2NO5. The molecule has 3 aromatic rings. The van der Waals surface area contributed by atoms with Gasteiger partial charge in [-0.15, -0.1) is 0 Å². The van der Waals surface area contributed by atoms with E-state index >= 15 is 0 Å². The molecule has 1 amide bonds. The SMILES string of the molecule is COc1c(Cl)cc(Cl)cc1/C(O)=C1\C(=O)C(=O)N(c2ccccc2)C1c1ccc(O)cc1. The molecule has 0 radical (unpaired) electrons. The van der Waals surface area contributed by atoms with Gasteiger partial charge in [-0.05, 0) is 42.0 Å². The Morgan fingerprint density at radius 1 is 1.00 bits per heavy atom. The molecule has 1 fully saturated rings. The standard InChI is InChI=1S/C24H17Cl2NO5/c1-32-23-17(11-14(25)12-18(23)26)21(29)19-20(13-7-9-16(28)10-8-13)27(24(31)22(19)30)15-5-3-2-4-6-15/h2-12,20,28-29H,1H3/b21-19+. The van der Waals surface area contributed by atoms with Gasteiger partial charge in [-0.25, -0.2) is 0 Å². The third-order valence-corrected chi connectivity index (χ3v) is 5.65. The van der Waals surface area contributed by atoms with Crippen LogP contribution in [0.5, 0.6) is 11.5 Å². The van der Waals surface area contributed by atoms with Crippen LogP contribution in [0.4, 0.5) is 5.69 Å². The molecule has 4 rings (SSSR count). The molecule has 1 saturated heterocycles. The predicted octanol–water partition coefficient (Wildman–Crippen LogP) is 5.33. The van der Waals surface area contributed by atoms with Crippen LogP contribution in [0.3, 0.4) is 0 Å². The molecule has 0 aliphatic carbocycles. The number of benzene rings is 3. The lowest BCUT2D eigenvalue weighted by Gasteiger charge is -2.25. The summed E-state index contributed by atoms with van der Waals surface area (Å²) in [6.07, 6.45) is 0. The molecule has 0 bridgehead atoms. The summed E-state index contributed by atoms with van der Waals surface area (Å²) >= 11 is 12.3. The number of carbonyl (C=O) groups excluding carboxylic acids is 2. The number of aromatic hydroxyl groups is 1. The zero-order valence-electron chi connectivity index (χ0n) is 16.8. The summed E-state index contributed by atoms with van der Waals surface area (Å²) in [5, 5.41) is 21.3. The lowest BCUT2D eigenvalue weighted by Crippen LogP contribution is -2.29. The molecule has 1 atom stereocenters. The number of Topliss-reactive ketones (excluding diaryl/α,β-unsaturated/α-hetero) is 1. The Labute approximate surface area is 193 Å². The van der Waals surface area contributed by atoms with E-state index in [4.69, 9.17) is 27.9 Å². The second kappa shape index (κ2) is 8.57. The van der Waals surface area contributed by atoms with Crippen molar-refractivity contribution in [1.82, 2.24) is 0 Å². The number of aliphatic hydroxyl groups excluding tert-OH is 1. The van der Waals surface area contributed by atoms with Gasteiger partial charge in [0.15, 0.2) is 0 Å². The first-order valence-electron chi connectivity index (χ1n) is 9.52. The number of phenols is 1. The van der Waals surface area contributed by atoms with Crippen molar-refractivity contribution in [2.45, 2.75) is 6.04 Å². The minimum atomic E-state index is -0.958. The number of hydrogen-bond donors (Lipinski definition) is 2. The monoisotopic (exact) mass is 469 g/mol. The third kappa shape index (κ3) is 3.68. The van der Waals surface area contributed by atoms with E-state index in [1.807, 2.05) is 0 Å². The van der Waals surface area contributed by atoms with Gasteiger partial charge in [0.1, 0.15) is 17.3 Å². The fourth-order valence-corrected chi connectivity index (χ4v) is 4.32. The summed E-state index contributed by atoms with van der Waals surface area (Å²) in [4.78, 5) is 27.6. The van der Waals surface area contributed by atoms with E-state index in [1.54, 1.807) is 42.5 Å². The van der Waals surface area contributed by atoms with Crippen molar-refractivity contribution in [2.24, 2.45) is 0 Å². The zero-order chi connectivity index (χ0) is 23.0. The zero-order valence-corrected chi connectivity index (χ0v) is 18.3. The van der Waals surface area contributed by atoms with Gasteiger partial charge in [0, 0.05) is 10.7 Å². The molecule has 1 unspecified atom stereocenters. The highest BCUT2D eigenvalue weighted by molar-refractivity contribution is 6.51. The van der Waals surface area contributed by atoms with Crippen LogP contribution in [0.15, 0.2) is 72.3 Å². The Morgan fingerprint density at radius 3 is 2.28 bits per heavy atom. The molecule has 0 spiro atoms. The van der Waals surface area contributed by atoms with E-state index in [0.717, 1.165) is 0 Å². The van der Waals surface area contributed by atoms with Crippen molar-refractivity contribution in [1.29, 1.82) is 0 Å². The van der Waals surface area contributed by atoms with Crippen LogP contribution in [0.2, 0.25) is 10.0 Å². The third-order valence-electron chi connectivity index (χ3n) is 5.16. The number of rotatable bonds is 4. The van der Waals surface area contributed by atoms with Gasteiger partial charge in [-0.3, -0.25) is 14.5 Å². The number of aliphatic hydroxyl groups is 1. The number of para-hydroxylation sites is 1. The number of methoxy groups -OCH3 is 1. The van der Waals surface area contributed by atoms with Crippen LogP contribution in [-0.2, 0) is 9.59 Å². The first-order chi connectivity index (χ1) is 15.3. The predicted molar refractivity (Wildman–Crippen MR) is 122 cm³/mol. The van der Waals surface area contributed by atoms with Crippen molar-refractivity contribution in [3.05, 3.63) is 93.5 Å². The van der Waals surface area contributed by atoms with Crippen molar-refractivity contribution in [3.63, 3.8) is 0 Å². The highest BCUT2D eigenvalue weighted by Crippen LogP contribution is 2.45. The van der Waals surface area contributed by atoms with Gasteiger partial charge < -0.3 is 14.9 Å². The van der Waals surface area contributed by atoms with Crippen molar-refractivity contribution >= 4 is 46.3 Å². The van der Waals surface area contributed by atoms with Crippen molar-refractivity contribution < 1.29 is 24.5 Å². The second-order valence-electron chi connectivity index (χ2n) is 7.06. The van der Waals surface area contributed by atoms with Crippen LogP contribution < -0.4 is 9.64 Å². The number of hydrogen-bond acceptors (Lipinski definition) is 5. The minimum absolute atomic E-state index is 0.0219. The number of ketones is 1. The molecule has 32 heavy (non-hydrogen) atoms. The topological polar surface area (TPSA) is 87.1 Å². The number of ether oxygens (including phenoxy) is 1.